The summed E-state index contributed by atoms with van der Waals surface area (Å²) in [5.74, 6) is 0. The Bertz CT molecular complexity index is 330. The van der Waals surface area contributed by atoms with E-state index in [9.17, 15) is 0 Å². The van der Waals surface area contributed by atoms with E-state index in [1.54, 1.807) is 0 Å². The Hall–Kier alpha value is -1.12. The third-order valence-corrected chi connectivity index (χ3v) is 2.77. The van der Waals surface area contributed by atoms with Crippen molar-refractivity contribution in [3.05, 3.63) is 47.5 Å². The third kappa shape index (κ3) is 5.16. The van der Waals surface area contributed by atoms with E-state index >= 15 is 0 Å². The molecule has 17 heavy (non-hydrogen) atoms. The van der Waals surface area contributed by atoms with E-state index in [0.29, 0.717) is 6.61 Å². The van der Waals surface area contributed by atoms with Crippen LogP contribution in [-0.4, -0.2) is 17.8 Å². The van der Waals surface area contributed by atoms with Gasteiger partial charge in [0.15, 0.2) is 0 Å². The molecule has 1 aromatic rings. The normalized spacial score (nSPS) is 13.7. The van der Waals surface area contributed by atoms with Gasteiger partial charge < -0.3 is 9.84 Å². The maximum atomic E-state index is 8.91. The lowest BCUT2D eigenvalue weighted by molar-refractivity contribution is 0.0579. The smallest absolute Gasteiger partial charge is 0.0787 e. The van der Waals surface area contributed by atoms with Crippen LogP contribution in [0.1, 0.15) is 32.3 Å². The monoisotopic (exact) mass is 234 g/mol. The number of aliphatic hydroxyl groups is 1. The van der Waals surface area contributed by atoms with Crippen LogP contribution in [0.25, 0.3) is 0 Å². The van der Waals surface area contributed by atoms with E-state index in [1.807, 2.05) is 31.2 Å². The van der Waals surface area contributed by atoms with E-state index in [0.717, 1.165) is 18.4 Å². The Kier molecular flexibility index (Phi) is 6.60. The van der Waals surface area contributed by atoms with Gasteiger partial charge in [-0.05, 0) is 24.5 Å². The van der Waals surface area contributed by atoms with Crippen molar-refractivity contribution in [1.82, 2.24) is 0 Å². The maximum Gasteiger partial charge on any atom is 0.0787 e. The molecule has 0 heterocycles. The molecule has 1 rings (SSSR count). The van der Waals surface area contributed by atoms with Gasteiger partial charge in [0.2, 0.25) is 0 Å². The lowest BCUT2D eigenvalue weighted by atomic mass is 10.1. The van der Waals surface area contributed by atoms with Gasteiger partial charge in [0.05, 0.1) is 19.3 Å². The molecule has 1 aromatic carbocycles. The molecule has 0 saturated heterocycles. The van der Waals surface area contributed by atoms with Crippen molar-refractivity contribution in [2.45, 2.75) is 39.4 Å². The Balaban J connectivity index is 2.53. The molecule has 0 aliphatic rings. The van der Waals surface area contributed by atoms with Crippen molar-refractivity contribution in [1.29, 1.82) is 0 Å². The summed E-state index contributed by atoms with van der Waals surface area (Å²) in [6.07, 6.45) is 4.02. The molecular weight excluding hydrogens is 212 g/mol. The second kappa shape index (κ2) is 8.04. The number of aliphatic hydroxyl groups excluding tert-OH is 1. The van der Waals surface area contributed by atoms with Gasteiger partial charge in [0.25, 0.3) is 0 Å². The van der Waals surface area contributed by atoms with Gasteiger partial charge >= 0.3 is 0 Å². The van der Waals surface area contributed by atoms with Crippen LogP contribution >= 0.6 is 0 Å². The third-order valence-electron chi connectivity index (χ3n) is 2.77. The van der Waals surface area contributed by atoms with Gasteiger partial charge in [-0.3, -0.25) is 0 Å². The van der Waals surface area contributed by atoms with Crippen molar-refractivity contribution >= 4 is 0 Å². The summed E-state index contributed by atoms with van der Waals surface area (Å²) in [4.78, 5) is 0. The molecule has 0 fully saturated rings. The predicted molar refractivity (Wildman–Crippen MR) is 70.8 cm³/mol. The summed E-state index contributed by atoms with van der Waals surface area (Å²) in [5, 5.41) is 8.91. The minimum absolute atomic E-state index is 0.0841. The first-order chi connectivity index (χ1) is 8.27. The molecule has 0 aliphatic carbocycles. The van der Waals surface area contributed by atoms with Crippen molar-refractivity contribution in [2.75, 3.05) is 6.61 Å². The van der Waals surface area contributed by atoms with Crippen LogP contribution in [0.2, 0.25) is 0 Å². The second-order valence-corrected chi connectivity index (χ2v) is 4.20. The highest BCUT2D eigenvalue weighted by molar-refractivity contribution is 5.14. The highest BCUT2D eigenvalue weighted by Crippen LogP contribution is 2.15. The first-order valence-corrected chi connectivity index (χ1v) is 6.21. The fourth-order valence-corrected chi connectivity index (χ4v) is 1.75. The minimum Gasteiger partial charge on any atom is -0.392 e. The Morgan fingerprint density at radius 2 is 2.06 bits per heavy atom. The van der Waals surface area contributed by atoms with Gasteiger partial charge in [-0.25, -0.2) is 0 Å². The molecule has 1 atom stereocenters. The second-order valence-electron chi connectivity index (χ2n) is 4.20. The average Bonchev–Trinajstić information content (AvgIpc) is 2.36. The van der Waals surface area contributed by atoms with E-state index in [2.05, 4.69) is 19.1 Å². The molecule has 0 aromatic heterocycles. The van der Waals surface area contributed by atoms with Crippen molar-refractivity contribution < 1.29 is 9.84 Å². The molecule has 0 aliphatic heterocycles. The minimum atomic E-state index is 0.0841. The van der Waals surface area contributed by atoms with Gasteiger partial charge in [0.1, 0.15) is 0 Å². The summed E-state index contributed by atoms with van der Waals surface area (Å²) < 4.78 is 5.90. The first-order valence-electron chi connectivity index (χ1n) is 6.21. The van der Waals surface area contributed by atoms with E-state index < -0.39 is 0 Å². The topological polar surface area (TPSA) is 29.5 Å². The van der Waals surface area contributed by atoms with E-state index in [4.69, 9.17) is 9.84 Å². The molecule has 0 bridgehead atoms. The number of benzene rings is 1. The lowest BCUT2D eigenvalue weighted by Crippen LogP contribution is -2.14. The molecule has 1 unspecified atom stereocenters. The zero-order valence-electron chi connectivity index (χ0n) is 10.7. The van der Waals surface area contributed by atoms with Crippen LogP contribution in [0.15, 0.2) is 42.0 Å². The highest BCUT2D eigenvalue weighted by Gasteiger charge is 2.10. The zero-order valence-corrected chi connectivity index (χ0v) is 10.7. The highest BCUT2D eigenvalue weighted by atomic mass is 16.5. The van der Waals surface area contributed by atoms with Crippen LogP contribution < -0.4 is 0 Å². The number of hydrogen-bond donors (Lipinski definition) is 1. The standard InChI is InChI=1S/C15H22O2/c1-3-7-15(13(2)10-11-16)17-12-14-8-5-4-6-9-14/h4-6,8-10,15-16H,3,7,11-12H2,1-2H3/b13-10-. The van der Waals surface area contributed by atoms with Gasteiger partial charge in [0, 0.05) is 0 Å². The summed E-state index contributed by atoms with van der Waals surface area (Å²) in [5.41, 5.74) is 2.30. The maximum absolute atomic E-state index is 8.91. The summed E-state index contributed by atoms with van der Waals surface area (Å²) in [7, 11) is 0. The SMILES string of the molecule is CCCC(OCc1ccccc1)/C(C)=C\CO. The van der Waals surface area contributed by atoms with Gasteiger partial charge in [-0.1, -0.05) is 49.8 Å². The summed E-state index contributed by atoms with van der Waals surface area (Å²) >= 11 is 0. The molecule has 0 amide bonds. The first kappa shape index (κ1) is 13.9. The van der Waals surface area contributed by atoms with Crippen LogP contribution in [0.4, 0.5) is 0 Å². The predicted octanol–water partition coefficient (Wildman–Crippen LogP) is 3.31. The number of hydrogen-bond acceptors (Lipinski definition) is 2. The average molecular weight is 234 g/mol. The van der Waals surface area contributed by atoms with Crippen LogP contribution in [0.3, 0.4) is 0 Å². The molecule has 94 valence electrons. The van der Waals surface area contributed by atoms with Crippen molar-refractivity contribution in [3.63, 3.8) is 0 Å². The molecule has 0 saturated carbocycles. The molecule has 0 spiro atoms. The quantitative estimate of drug-likeness (QED) is 0.733. The fraction of sp³-hybridized carbons (Fsp3) is 0.467. The summed E-state index contributed by atoms with van der Waals surface area (Å²) in [6.45, 7) is 4.87. The number of ether oxygens (including phenoxy) is 1. The zero-order chi connectivity index (χ0) is 12.5. The molecule has 0 radical (unpaired) electrons. The van der Waals surface area contributed by atoms with Crippen molar-refractivity contribution in [2.24, 2.45) is 0 Å². The largest absolute Gasteiger partial charge is 0.392 e. The number of rotatable bonds is 7. The molecule has 1 N–H and O–H groups in total. The molecule has 2 nitrogen and oxygen atoms in total. The van der Waals surface area contributed by atoms with Crippen LogP contribution in [-0.2, 0) is 11.3 Å². The molecule has 2 heteroatoms. The molecular formula is C15H22O2. The van der Waals surface area contributed by atoms with Gasteiger partial charge in [-0.2, -0.15) is 0 Å². The van der Waals surface area contributed by atoms with Crippen LogP contribution in [0, 0.1) is 0 Å². The Labute approximate surface area is 104 Å². The van der Waals surface area contributed by atoms with Crippen LogP contribution in [0.5, 0.6) is 0 Å². The van der Waals surface area contributed by atoms with E-state index in [-0.39, 0.29) is 12.7 Å². The Morgan fingerprint density at radius 1 is 1.35 bits per heavy atom. The lowest BCUT2D eigenvalue weighted by Gasteiger charge is -2.18. The van der Waals surface area contributed by atoms with Crippen molar-refractivity contribution in [3.8, 4) is 0 Å². The summed E-state index contributed by atoms with van der Waals surface area (Å²) in [6, 6.07) is 10.2. The van der Waals surface area contributed by atoms with E-state index in [1.165, 1.54) is 5.56 Å². The Morgan fingerprint density at radius 3 is 2.65 bits per heavy atom. The fourth-order valence-electron chi connectivity index (χ4n) is 1.75. The van der Waals surface area contributed by atoms with Gasteiger partial charge in [-0.15, -0.1) is 0 Å².